The largest absolute Gasteiger partial charge is 0.385 e. The Hall–Kier alpha value is -0.980. The summed E-state index contributed by atoms with van der Waals surface area (Å²) in [6, 6.07) is 8.81. The van der Waals surface area contributed by atoms with Gasteiger partial charge in [-0.1, -0.05) is 39.8 Å². The van der Waals surface area contributed by atoms with E-state index in [1.807, 2.05) is 0 Å². The van der Waals surface area contributed by atoms with E-state index in [1.165, 1.54) is 17.7 Å². The van der Waals surface area contributed by atoms with Crippen molar-refractivity contribution in [2.24, 2.45) is 11.8 Å². The van der Waals surface area contributed by atoms with E-state index in [-0.39, 0.29) is 0 Å². The quantitative estimate of drug-likeness (QED) is 0.767. The van der Waals surface area contributed by atoms with Crippen LogP contribution in [0.1, 0.15) is 33.3 Å². The zero-order valence-corrected chi connectivity index (χ0v) is 10.4. The van der Waals surface area contributed by atoms with Crippen LogP contribution in [0.3, 0.4) is 0 Å². The topological polar surface area (TPSA) is 12.0 Å². The molecule has 84 valence electrons. The Morgan fingerprint density at radius 1 is 0.933 bits per heavy atom. The summed E-state index contributed by atoms with van der Waals surface area (Å²) in [6.45, 7) is 10.00. The van der Waals surface area contributed by atoms with Crippen LogP contribution in [0, 0.1) is 11.8 Å². The van der Waals surface area contributed by atoms with Gasteiger partial charge in [-0.25, -0.2) is 0 Å². The van der Waals surface area contributed by atoms with E-state index in [9.17, 15) is 0 Å². The van der Waals surface area contributed by atoms with Crippen LogP contribution in [-0.4, -0.2) is 6.54 Å². The number of hydrogen-bond acceptors (Lipinski definition) is 1. The molecule has 0 aromatic heterocycles. The highest BCUT2D eigenvalue weighted by molar-refractivity contribution is 5.44. The van der Waals surface area contributed by atoms with E-state index in [1.54, 1.807) is 0 Å². The third-order valence-electron chi connectivity index (χ3n) is 2.31. The highest BCUT2D eigenvalue weighted by Crippen LogP contribution is 2.13. The second-order valence-electron chi connectivity index (χ2n) is 5.07. The average molecular weight is 205 g/mol. The van der Waals surface area contributed by atoms with Crippen LogP contribution in [0.25, 0.3) is 0 Å². The number of hydrogen-bond donors (Lipinski definition) is 1. The van der Waals surface area contributed by atoms with E-state index in [2.05, 4.69) is 57.3 Å². The molecule has 0 saturated heterocycles. The summed E-state index contributed by atoms with van der Waals surface area (Å²) in [5.41, 5.74) is 2.66. The summed E-state index contributed by atoms with van der Waals surface area (Å²) in [4.78, 5) is 0. The van der Waals surface area contributed by atoms with Gasteiger partial charge in [-0.15, -0.1) is 0 Å². The summed E-state index contributed by atoms with van der Waals surface area (Å²) in [5, 5.41) is 3.42. The molecule has 1 rings (SSSR count). The van der Waals surface area contributed by atoms with Gasteiger partial charge in [0, 0.05) is 12.2 Å². The van der Waals surface area contributed by atoms with Gasteiger partial charge in [0.05, 0.1) is 0 Å². The SMILES string of the molecule is CC(C)CNc1ccc(CC(C)C)cc1. The lowest BCUT2D eigenvalue weighted by atomic mass is 10.0. The van der Waals surface area contributed by atoms with Crippen molar-refractivity contribution in [1.82, 2.24) is 0 Å². The van der Waals surface area contributed by atoms with Gasteiger partial charge in [0.15, 0.2) is 0 Å². The Morgan fingerprint density at radius 2 is 1.53 bits per heavy atom. The monoisotopic (exact) mass is 205 g/mol. The molecule has 0 amide bonds. The predicted molar refractivity (Wildman–Crippen MR) is 68.3 cm³/mol. The van der Waals surface area contributed by atoms with Gasteiger partial charge in [-0.3, -0.25) is 0 Å². The highest BCUT2D eigenvalue weighted by atomic mass is 14.9. The molecule has 0 aliphatic heterocycles. The second-order valence-corrected chi connectivity index (χ2v) is 5.07. The molecule has 0 heterocycles. The number of anilines is 1. The van der Waals surface area contributed by atoms with Crippen LogP contribution in [0.4, 0.5) is 5.69 Å². The van der Waals surface area contributed by atoms with Crippen molar-refractivity contribution < 1.29 is 0 Å². The minimum Gasteiger partial charge on any atom is -0.385 e. The Labute approximate surface area is 93.9 Å². The molecular formula is C14H23N. The van der Waals surface area contributed by atoms with Crippen LogP contribution in [0.15, 0.2) is 24.3 Å². The molecule has 1 aromatic rings. The van der Waals surface area contributed by atoms with Crippen molar-refractivity contribution in [3.05, 3.63) is 29.8 Å². The molecule has 0 unspecified atom stereocenters. The van der Waals surface area contributed by atoms with Gasteiger partial charge >= 0.3 is 0 Å². The van der Waals surface area contributed by atoms with E-state index < -0.39 is 0 Å². The third-order valence-corrected chi connectivity index (χ3v) is 2.31. The Morgan fingerprint density at radius 3 is 2.00 bits per heavy atom. The lowest BCUT2D eigenvalue weighted by Crippen LogP contribution is -2.07. The highest BCUT2D eigenvalue weighted by Gasteiger charge is 1.98. The smallest absolute Gasteiger partial charge is 0.0340 e. The van der Waals surface area contributed by atoms with Crippen molar-refractivity contribution >= 4 is 5.69 Å². The van der Waals surface area contributed by atoms with Crippen LogP contribution < -0.4 is 5.32 Å². The van der Waals surface area contributed by atoms with Crippen LogP contribution in [0.5, 0.6) is 0 Å². The maximum atomic E-state index is 3.42. The molecule has 0 radical (unpaired) electrons. The van der Waals surface area contributed by atoms with E-state index >= 15 is 0 Å². The van der Waals surface area contributed by atoms with Crippen LogP contribution in [-0.2, 0) is 6.42 Å². The average Bonchev–Trinajstić information content (AvgIpc) is 2.16. The number of nitrogens with one attached hydrogen (secondary N) is 1. The molecule has 0 fully saturated rings. The minimum atomic E-state index is 0.695. The Balaban J connectivity index is 2.49. The Bertz CT molecular complexity index is 272. The fourth-order valence-electron chi connectivity index (χ4n) is 1.55. The first-order valence-corrected chi connectivity index (χ1v) is 5.90. The van der Waals surface area contributed by atoms with Gasteiger partial charge in [0.25, 0.3) is 0 Å². The second kappa shape index (κ2) is 5.79. The molecule has 0 aliphatic rings. The minimum absolute atomic E-state index is 0.695. The first kappa shape index (κ1) is 12.1. The van der Waals surface area contributed by atoms with Crippen LogP contribution >= 0.6 is 0 Å². The third kappa shape index (κ3) is 4.87. The number of rotatable bonds is 5. The summed E-state index contributed by atoms with van der Waals surface area (Å²) >= 11 is 0. The van der Waals surface area contributed by atoms with Gasteiger partial charge in [0.1, 0.15) is 0 Å². The Kier molecular flexibility index (Phi) is 4.67. The normalized spacial score (nSPS) is 11.1. The van der Waals surface area contributed by atoms with Crippen molar-refractivity contribution in [2.75, 3.05) is 11.9 Å². The van der Waals surface area contributed by atoms with Gasteiger partial charge in [-0.05, 0) is 36.0 Å². The van der Waals surface area contributed by atoms with Crippen molar-refractivity contribution in [3.63, 3.8) is 0 Å². The molecule has 15 heavy (non-hydrogen) atoms. The van der Waals surface area contributed by atoms with Crippen molar-refractivity contribution in [1.29, 1.82) is 0 Å². The van der Waals surface area contributed by atoms with Gasteiger partial charge in [-0.2, -0.15) is 0 Å². The summed E-state index contributed by atoms with van der Waals surface area (Å²) in [7, 11) is 0. The molecule has 1 heteroatoms. The lowest BCUT2D eigenvalue weighted by molar-refractivity contribution is 0.647. The maximum absolute atomic E-state index is 3.42. The molecule has 1 N–H and O–H groups in total. The molecule has 1 aromatic carbocycles. The molecule has 0 saturated carbocycles. The fraction of sp³-hybridized carbons (Fsp3) is 0.571. The molecular weight excluding hydrogens is 182 g/mol. The standard InChI is InChI=1S/C14H23N/c1-11(2)9-13-5-7-14(8-6-13)15-10-12(3)4/h5-8,11-12,15H,9-10H2,1-4H3. The van der Waals surface area contributed by atoms with Gasteiger partial charge in [0.2, 0.25) is 0 Å². The van der Waals surface area contributed by atoms with Gasteiger partial charge < -0.3 is 5.32 Å². The summed E-state index contributed by atoms with van der Waals surface area (Å²) in [6.07, 6.45) is 1.17. The molecule has 0 atom stereocenters. The fourth-order valence-corrected chi connectivity index (χ4v) is 1.55. The number of benzene rings is 1. The summed E-state index contributed by atoms with van der Waals surface area (Å²) in [5.74, 6) is 1.43. The van der Waals surface area contributed by atoms with Crippen LogP contribution in [0.2, 0.25) is 0 Å². The van der Waals surface area contributed by atoms with E-state index in [0.717, 1.165) is 12.5 Å². The van der Waals surface area contributed by atoms with Crippen molar-refractivity contribution in [2.45, 2.75) is 34.1 Å². The first-order valence-electron chi connectivity index (χ1n) is 5.90. The molecule has 1 nitrogen and oxygen atoms in total. The van der Waals surface area contributed by atoms with E-state index in [0.29, 0.717) is 5.92 Å². The lowest BCUT2D eigenvalue weighted by Gasteiger charge is -2.10. The zero-order valence-electron chi connectivity index (χ0n) is 10.4. The molecule has 0 bridgehead atoms. The maximum Gasteiger partial charge on any atom is 0.0340 e. The molecule has 0 aliphatic carbocycles. The first-order chi connectivity index (χ1) is 7.08. The summed E-state index contributed by atoms with van der Waals surface area (Å²) < 4.78 is 0. The van der Waals surface area contributed by atoms with Crippen molar-refractivity contribution in [3.8, 4) is 0 Å². The zero-order chi connectivity index (χ0) is 11.3. The molecule has 0 spiro atoms. The predicted octanol–water partition coefficient (Wildman–Crippen LogP) is 3.95. The van der Waals surface area contributed by atoms with E-state index in [4.69, 9.17) is 0 Å².